The number of carbonyl (C=O) groups excluding carboxylic acids is 1. The van der Waals surface area contributed by atoms with E-state index in [0.717, 1.165) is 22.6 Å². The molecule has 0 radical (unpaired) electrons. The molecule has 0 unspecified atom stereocenters. The van der Waals surface area contributed by atoms with Crippen LogP contribution >= 0.6 is 0 Å². The zero-order valence-corrected chi connectivity index (χ0v) is 14.0. The highest BCUT2D eigenvalue weighted by molar-refractivity contribution is 5.81. The third-order valence-electron chi connectivity index (χ3n) is 4.06. The summed E-state index contributed by atoms with van der Waals surface area (Å²) < 4.78 is 10.7. The monoisotopic (exact) mass is 326 g/mol. The van der Waals surface area contributed by atoms with Crippen molar-refractivity contribution in [3.05, 3.63) is 59.7 Å². The van der Waals surface area contributed by atoms with E-state index in [9.17, 15) is 4.79 Å². The fourth-order valence-corrected chi connectivity index (χ4v) is 2.67. The van der Waals surface area contributed by atoms with Crippen LogP contribution in [-0.4, -0.2) is 30.7 Å². The van der Waals surface area contributed by atoms with Crippen molar-refractivity contribution < 1.29 is 14.3 Å². The van der Waals surface area contributed by atoms with Gasteiger partial charge in [-0.3, -0.25) is 4.79 Å². The largest absolute Gasteiger partial charge is 0.454 e. The molecule has 5 nitrogen and oxygen atoms in total. The smallest absolute Gasteiger partial charge is 0.239 e. The van der Waals surface area contributed by atoms with Crippen LogP contribution in [0.25, 0.3) is 0 Å². The number of rotatable bonds is 6. The van der Waals surface area contributed by atoms with Gasteiger partial charge in [0.2, 0.25) is 12.7 Å². The maximum absolute atomic E-state index is 12.5. The number of hydrogen-bond donors (Lipinski definition) is 1. The van der Waals surface area contributed by atoms with E-state index in [2.05, 4.69) is 5.32 Å². The molecular weight excluding hydrogens is 304 g/mol. The summed E-state index contributed by atoms with van der Waals surface area (Å²) >= 11 is 0. The lowest BCUT2D eigenvalue weighted by Gasteiger charge is -2.22. The molecule has 126 valence electrons. The Kier molecular flexibility index (Phi) is 5.01. The lowest BCUT2D eigenvalue weighted by molar-refractivity contribution is -0.132. The molecule has 0 saturated heterocycles. The van der Waals surface area contributed by atoms with Gasteiger partial charge < -0.3 is 19.7 Å². The minimum Gasteiger partial charge on any atom is -0.454 e. The van der Waals surface area contributed by atoms with E-state index in [1.807, 2.05) is 62.5 Å². The van der Waals surface area contributed by atoms with Crippen molar-refractivity contribution in [1.82, 2.24) is 10.2 Å². The Morgan fingerprint density at radius 2 is 1.88 bits per heavy atom. The quantitative estimate of drug-likeness (QED) is 0.886. The molecule has 0 bridgehead atoms. The van der Waals surface area contributed by atoms with Gasteiger partial charge >= 0.3 is 0 Å². The number of carbonyl (C=O) groups is 1. The number of fused-ring (bicyclic) bond motifs is 1. The van der Waals surface area contributed by atoms with Crippen LogP contribution < -0.4 is 14.8 Å². The number of nitrogens with one attached hydrogen (secondary N) is 1. The summed E-state index contributed by atoms with van der Waals surface area (Å²) in [6.45, 7) is 3.36. The summed E-state index contributed by atoms with van der Waals surface area (Å²) in [7, 11) is 1.83. The van der Waals surface area contributed by atoms with Gasteiger partial charge in [-0.25, -0.2) is 0 Å². The summed E-state index contributed by atoms with van der Waals surface area (Å²) in [5, 5.41) is 3.27. The molecule has 1 aliphatic rings. The zero-order chi connectivity index (χ0) is 16.9. The normalized spacial score (nSPS) is 13.6. The lowest BCUT2D eigenvalue weighted by Crippen LogP contribution is -2.42. The van der Waals surface area contributed by atoms with Crippen LogP contribution in [0.4, 0.5) is 0 Å². The highest BCUT2D eigenvalue weighted by atomic mass is 16.7. The molecule has 3 rings (SSSR count). The van der Waals surface area contributed by atoms with E-state index in [4.69, 9.17) is 9.47 Å². The fraction of sp³-hybridized carbons (Fsp3) is 0.316. The molecule has 24 heavy (non-hydrogen) atoms. The molecule has 0 spiro atoms. The summed E-state index contributed by atoms with van der Waals surface area (Å²) in [5.41, 5.74) is 2.18. The van der Waals surface area contributed by atoms with Gasteiger partial charge in [0.05, 0.1) is 6.04 Å². The predicted octanol–water partition coefficient (Wildman–Crippen LogP) is 2.55. The number of nitrogens with zero attached hydrogens (tertiary/aromatic N) is 1. The first kappa shape index (κ1) is 16.3. The molecule has 5 heteroatoms. The first-order valence-corrected chi connectivity index (χ1v) is 8.04. The number of ether oxygens (including phenoxy) is 2. The van der Waals surface area contributed by atoms with Gasteiger partial charge in [-0.1, -0.05) is 36.4 Å². The van der Waals surface area contributed by atoms with Crippen molar-refractivity contribution in [3.63, 3.8) is 0 Å². The minimum atomic E-state index is -0.260. The molecule has 2 aromatic carbocycles. The van der Waals surface area contributed by atoms with Crippen LogP contribution in [-0.2, 0) is 17.9 Å². The van der Waals surface area contributed by atoms with Crippen LogP contribution in [0.5, 0.6) is 11.5 Å². The van der Waals surface area contributed by atoms with E-state index in [1.54, 1.807) is 4.90 Å². The molecule has 0 fully saturated rings. The Bertz CT molecular complexity index is 703. The van der Waals surface area contributed by atoms with Crippen LogP contribution in [0.15, 0.2) is 48.5 Å². The Hall–Kier alpha value is -2.53. The first-order chi connectivity index (χ1) is 11.6. The summed E-state index contributed by atoms with van der Waals surface area (Å²) in [6, 6.07) is 15.5. The molecule has 1 atom stereocenters. The topological polar surface area (TPSA) is 50.8 Å². The molecule has 1 N–H and O–H groups in total. The lowest BCUT2D eigenvalue weighted by atomic mass is 10.1. The average Bonchev–Trinajstić information content (AvgIpc) is 3.07. The SMILES string of the molecule is C[C@@H](NCc1ccc2c(c1)OCO2)C(=O)N(C)Cc1ccccc1. The van der Waals surface area contributed by atoms with E-state index in [0.29, 0.717) is 13.1 Å². The molecule has 0 saturated carbocycles. The zero-order valence-electron chi connectivity index (χ0n) is 14.0. The van der Waals surface area contributed by atoms with Crippen LogP contribution in [0, 0.1) is 0 Å². The van der Waals surface area contributed by atoms with Gasteiger partial charge in [0, 0.05) is 20.1 Å². The number of hydrogen-bond acceptors (Lipinski definition) is 4. The van der Waals surface area contributed by atoms with Crippen molar-refractivity contribution in [3.8, 4) is 11.5 Å². The maximum atomic E-state index is 12.5. The number of benzene rings is 2. The van der Waals surface area contributed by atoms with Crippen LogP contribution in [0.3, 0.4) is 0 Å². The Morgan fingerprint density at radius 3 is 2.67 bits per heavy atom. The van der Waals surface area contributed by atoms with E-state index in [-0.39, 0.29) is 18.7 Å². The fourth-order valence-electron chi connectivity index (χ4n) is 2.67. The highest BCUT2D eigenvalue weighted by Crippen LogP contribution is 2.32. The Balaban J connectivity index is 1.52. The van der Waals surface area contributed by atoms with Gasteiger partial charge in [-0.2, -0.15) is 0 Å². The van der Waals surface area contributed by atoms with Crippen molar-refractivity contribution in [1.29, 1.82) is 0 Å². The molecule has 1 amide bonds. The molecule has 0 aliphatic carbocycles. The van der Waals surface area contributed by atoms with Crippen molar-refractivity contribution in [2.24, 2.45) is 0 Å². The van der Waals surface area contributed by atoms with Crippen molar-refractivity contribution >= 4 is 5.91 Å². The van der Waals surface area contributed by atoms with Gasteiger partial charge in [-0.05, 0) is 30.2 Å². The van der Waals surface area contributed by atoms with Crippen LogP contribution in [0.2, 0.25) is 0 Å². The molecule has 1 heterocycles. The molecule has 0 aromatic heterocycles. The molecule has 2 aromatic rings. The number of likely N-dealkylation sites (N-methyl/N-ethyl adjacent to an activating group) is 1. The van der Waals surface area contributed by atoms with E-state index < -0.39 is 0 Å². The second-order valence-corrected chi connectivity index (χ2v) is 5.97. The van der Waals surface area contributed by atoms with Gasteiger partial charge in [-0.15, -0.1) is 0 Å². The first-order valence-electron chi connectivity index (χ1n) is 8.04. The third-order valence-corrected chi connectivity index (χ3v) is 4.06. The minimum absolute atomic E-state index is 0.0691. The highest BCUT2D eigenvalue weighted by Gasteiger charge is 2.18. The maximum Gasteiger partial charge on any atom is 0.239 e. The summed E-state index contributed by atoms with van der Waals surface area (Å²) in [6.07, 6.45) is 0. The Morgan fingerprint density at radius 1 is 1.12 bits per heavy atom. The summed E-state index contributed by atoms with van der Waals surface area (Å²) in [5.74, 6) is 1.60. The van der Waals surface area contributed by atoms with Crippen molar-refractivity contribution in [2.45, 2.75) is 26.1 Å². The third kappa shape index (κ3) is 3.86. The van der Waals surface area contributed by atoms with E-state index in [1.165, 1.54) is 0 Å². The summed E-state index contributed by atoms with van der Waals surface area (Å²) in [4.78, 5) is 14.2. The predicted molar refractivity (Wildman–Crippen MR) is 91.8 cm³/mol. The average molecular weight is 326 g/mol. The number of amides is 1. The molecule has 1 aliphatic heterocycles. The van der Waals surface area contributed by atoms with Gasteiger partial charge in [0.15, 0.2) is 11.5 Å². The standard InChI is InChI=1S/C19H22N2O3/c1-14(19(22)21(2)12-15-6-4-3-5-7-15)20-11-16-8-9-17-18(10-16)24-13-23-17/h3-10,14,20H,11-13H2,1-2H3/t14-/m1/s1. The Labute approximate surface area is 142 Å². The van der Waals surface area contributed by atoms with Crippen LogP contribution in [0.1, 0.15) is 18.1 Å². The van der Waals surface area contributed by atoms with E-state index >= 15 is 0 Å². The second kappa shape index (κ2) is 7.36. The van der Waals surface area contributed by atoms with Gasteiger partial charge in [0.1, 0.15) is 0 Å². The molecular formula is C19H22N2O3. The van der Waals surface area contributed by atoms with Gasteiger partial charge in [0.25, 0.3) is 0 Å². The second-order valence-electron chi connectivity index (χ2n) is 5.97. The van der Waals surface area contributed by atoms with Crippen molar-refractivity contribution in [2.75, 3.05) is 13.8 Å².